The Kier molecular flexibility index (Phi) is 5.83. The van der Waals surface area contributed by atoms with Crippen molar-refractivity contribution >= 4 is 51.6 Å². The Morgan fingerprint density at radius 3 is 2.36 bits per heavy atom. The van der Waals surface area contributed by atoms with Gasteiger partial charge in [-0.15, -0.1) is 16.2 Å². The molecule has 0 aliphatic heterocycles. The standard InChI is InChI=1S/C18H12Cl2F3N3OS/c19-12-5-6-28-17(12)16(26-27)11-3-2-10(8-13(11)20)25-15-4-1-9(7-14(15)24)18(21,22)23/h1-8,16,25H,24H2. The molecule has 0 saturated heterocycles. The van der Waals surface area contributed by atoms with Crippen LogP contribution in [0.2, 0.25) is 10.0 Å². The second kappa shape index (κ2) is 7.98. The number of nitrogen functional groups attached to an aromatic ring is 1. The van der Waals surface area contributed by atoms with E-state index in [1.54, 1.807) is 23.6 Å². The van der Waals surface area contributed by atoms with Crippen LogP contribution in [0.5, 0.6) is 0 Å². The summed E-state index contributed by atoms with van der Waals surface area (Å²) in [6.07, 6.45) is -4.47. The quantitative estimate of drug-likeness (QED) is 0.320. The van der Waals surface area contributed by atoms with Gasteiger partial charge in [0.15, 0.2) is 6.04 Å². The number of nitrogens with zero attached hydrogens (tertiary/aromatic N) is 1. The zero-order chi connectivity index (χ0) is 20.5. The van der Waals surface area contributed by atoms with Gasteiger partial charge in [-0.1, -0.05) is 34.4 Å². The lowest BCUT2D eigenvalue weighted by atomic mass is 10.1. The second-order valence-corrected chi connectivity index (χ2v) is 7.56. The predicted molar refractivity (Wildman–Crippen MR) is 108 cm³/mol. The number of anilines is 3. The number of thiophene rings is 1. The van der Waals surface area contributed by atoms with Crippen molar-refractivity contribution in [2.45, 2.75) is 12.2 Å². The van der Waals surface area contributed by atoms with Crippen molar-refractivity contribution in [2.24, 2.45) is 5.18 Å². The molecule has 4 nitrogen and oxygen atoms in total. The summed E-state index contributed by atoms with van der Waals surface area (Å²) in [7, 11) is 0. The number of rotatable bonds is 5. The fraction of sp³-hybridized carbons (Fsp3) is 0.111. The molecule has 3 aromatic rings. The molecule has 1 atom stereocenters. The Labute approximate surface area is 172 Å². The summed E-state index contributed by atoms with van der Waals surface area (Å²) in [6.45, 7) is 0. The third-order valence-electron chi connectivity index (χ3n) is 3.95. The molecule has 2 aromatic carbocycles. The Bertz CT molecular complexity index is 1020. The molecule has 0 bridgehead atoms. The van der Waals surface area contributed by atoms with Crippen molar-refractivity contribution in [2.75, 3.05) is 11.1 Å². The topological polar surface area (TPSA) is 67.5 Å². The van der Waals surface area contributed by atoms with Gasteiger partial charge < -0.3 is 11.1 Å². The molecule has 1 aromatic heterocycles. The number of halogens is 5. The summed E-state index contributed by atoms with van der Waals surface area (Å²) in [5, 5.41) is 8.46. The van der Waals surface area contributed by atoms with Crippen molar-refractivity contribution in [3.63, 3.8) is 0 Å². The van der Waals surface area contributed by atoms with Crippen LogP contribution in [0.3, 0.4) is 0 Å². The molecule has 0 spiro atoms. The zero-order valence-corrected chi connectivity index (χ0v) is 16.3. The van der Waals surface area contributed by atoms with E-state index in [2.05, 4.69) is 10.5 Å². The third kappa shape index (κ3) is 4.24. The summed E-state index contributed by atoms with van der Waals surface area (Å²) < 4.78 is 38.2. The minimum atomic E-state index is -4.47. The Morgan fingerprint density at radius 1 is 1.07 bits per heavy atom. The number of hydrogen-bond acceptors (Lipinski definition) is 5. The first-order valence-electron chi connectivity index (χ1n) is 7.79. The highest BCUT2D eigenvalue weighted by Gasteiger charge is 2.30. The molecule has 146 valence electrons. The average molecular weight is 446 g/mol. The highest BCUT2D eigenvalue weighted by Crippen LogP contribution is 2.40. The maximum Gasteiger partial charge on any atom is 0.416 e. The van der Waals surface area contributed by atoms with E-state index in [4.69, 9.17) is 28.9 Å². The Morgan fingerprint density at radius 2 is 1.82 bits per heavy atom. The van der Waals surface area contributed by atoms with Crippen molar-refractivity contribution in [3.8, 4) is 0 Å². The smallest absolute Gasteiger partial charge is 0.397 e. The predicted octanol–water partition coefficient (Wildman–Crippen LogP) is 7.26. The molecule has 0 radical (unpaired) electrons. The summed E-state index contributed by atoms with van der Waals surface area (Å²) in [6, 6.07) is 8.59. The van der Waals surface area contributed by atoms with E-state index in [9.17, 15) is 18.1 Å². The molecular formula is C18H12Cl2F3N3OS. The fourth-order valence-corrected chi connectivity index (χ4v) is 4.07. The lowest BCUT2D eigenvalue weighted by Crippen LogP contribution is -2.06. The van der Waals surface area contributed by atoms with Crippen molar-refractivity contribution in [3.05, 3.63) is 78.8 Å². The molecule has 1 unspecified atom stereocenters. The van der Waals surface area contributed by atoms with Crippen LogP contribution in [0.1, 0.15) is 22.0 Å². The molecule has 0 saturated carbocycles. The van der Waals surface area contributed by atoms with Crippen LogP contribution in [0.25, 0.3) is 0 Å². The van der Waals surface area contributed by atoms with Crippen LogP contribution in [0, 0.1) is 4.91 Å². The summed E-state index contributed by atoms with van der Waals surface area (Å²) in [5.41, 5.74) is 6.07. The highest BCUT2D eigenvalue weighted by molar-refractivity contribution is 7.10. The minimum Gasteiger partial charge on any atom is -0.397 e. The van der Waals surface area contributed by atoms with E-state index in [1.807, 2.05) is 0 Å². The third-order valence-corrected chi connectivity index (χ3v) is 5.69. The van der Waals surface area contributed by atoms with E-state index in [1.165, 1.54) is 23.5 Å². The molecular weight excluding hydrogens is 434 g/mol. The number of benzene rings is 2. The van der Waals surface area contributed by atoms with E-state index >= 15 is 0 Å². The maximum atomic E-state index is 12.7. The van der Waals surface area contributed by atoms with E-state index < -0.39 is 17.8 Å². The Hall–Kier alpha value is -2.29. The zero-order valence-electron chi connectivity index (χ0n) is 13.9. The van der Waals surface area contributed by atoms with Gasteiger partial charge in [0.25, 0.3) is 0 Å². The van der Waals surface area contributed by atoms with Crippen molar-refractivity contribution in [1.82, 2.24) is 0 Å². The van der Waals surface area contributed by atoms with Gasteiger partial charge in [0.05, 0.1) is 26.8 Å². The van der Waals surface area contributed by atoms with Gasteiger partial charge in [-0.05, 0) is 41.8 Å². The number of nitroso groups, excluding NO2 is 1. The summed E-state index contributed by atoms with van der Waals surface area (Å²) >= 11 is 13.7. The monoisotopic (exact) mass is 445 g/mol. The molecule has 10 heteroatoms. The van der Waals surface area contributed by atoms with Gasteiger partial charge in [-0.25, -0.2) is 0 Å². The molecule has 0 fully saturated rings. The molecule has 3 N–H and O–H groups in total. The number of hydrogen-bond donors (Lipinski definition) is 2. The average Bonchev–Trinajstić information content (AvgIpc) is 3.04. The molecule has 1 heterocycles. The van der Waals surface area contributed by atoms with Gasteiger partial charge in [-0.3, -0.25) is 0 Å². The SMILES string of the molecule is Nc1cc(C(F)(F)F)ccc1Nc1ccc(C(N=O)c2sccc2Cl)c(Cl)c1. The van der Waals surface area contributed by atoms with Gasteiger partial charge in [0.2, 0.25) is 0 Å². The van der Waals surface area contributed by atoms with Gasteiger partial charge in [0.1, 0.15) is 0 Å². The largest absolute Gasteiger partial charge is 0.416 e. The van der Waals surface area contributed by atoms with Crippen LogP contribution in [-0.2, 0) is 6.18 Å². The molecule has 0 aliphatic rings. The number of nitrogens with one attached hydrogen (secondary N) is 1. The first-order chi connectivity index (χ1) is 13.2. The molecule has 3 rings (SSSR count). The lowest BCUT2D eigenvalue weighted by molar-refractivity contribution is -0.137. The first-order valence-corrected chi connectivity index (χ1v) is 9.43. The second-order valence-electron chi connectivity index (χ2n) is 5.80. The van der Waals surface area contributed by atoms with E-state index in [0.29, 0.717) is 26.8 Å². The fourth-order valence-electron chi connectivity index (χ4n) is 2.58. The van der Waals surface area contributed by atoms with E-state index in [0.717, 1.165) is 12.1 Å². The number of alkyl halides is 3. The van der Waals surface area contributed by atoms with Crippen molar-refractivity contribution < 1.29 is 13.2 Å². The van der Waals surface area contributed by atoms with Gasteiger partial charge >= 0.3 is 6.18 Å². The van der Waals surface area contributed by atoms with Crippen LogP contribution in [-0.4, -0.2) is 0 Å². The summed E-state index contributed by atoms with van der Waals surface area (Å²) in [5.74, 6) is 0. The van der Waals surface area contributed by atoms with Crippen LogP contribution < -0.4 is 11.1 Å². The van der Waals surface area contributed by atoms with Gasteiger partial charge in [0, 0.05) is 16.3 Å². The van der Waals surface area contributed by atoms with Crippen LogP contribution in [0.4, 0.5) is 30.2 Å². The van der Waals surface area contributed by atoms with E-state index in [-0.39, 0.29) is 10.7 Å². The lowest BCUT2D eigenvalue weighted by Gasteiger charge is -2.15. The van der Waals surface area contributed by atoms with Gasteiger partial charge in [-0.2, -0.15) is 13.2 Å². The molecule has 28 heavy (non-hydrogen) atoms. The molecule has 0 amide bonds. The molecule has 0 aliphatic carbocycles. The van der Waals surface area contributed by atoms with Crippen molar-refractivity contribution in [1.29, 1.82) is 0 Å². The normalized spacial score (nSPS) is 12.6. The highest BCUT2D eigenvalue weighted by atomic mass is 35.5. The minimum absolute atomic E-state index is 0.0622. The van der Waals surface area contributed by atoms with Crippen LogP contribution in [0.15, 0.2) is 53.0 Å². The summed E-state index contributed by atoms with van der Waals surface area (Å²) in [4.78, 5) is 11.9. The first kappa shape index (κ1) is 20.4. The number of nitrogens with two attached hydrogens (primary N) is 1. The Balaban J connectivity index is 1.87. The van der Waals surface area contributed by atoms with Crippen LogP contribution >= 0.6 is 34.5 Å². The maximum absolute atomic E-state index is 12.7.